The maximum Gasteiger partial charge on any atom is 0.347 e. The third-order valence-electron chi connectivity index (χ3n) is 0.926. The zero-order valence-corrected chi connectivity index (χ0v) is 6.29. The molecule has 0 spiro atoms. The highest BCUT2D eigenvalue weighted by Crippen LogP contribution is 1.88. The minimum atomic E-state index is -1.38. The number of carbonyl (C=O) groups is 2. The van der Waals surface area contributed by atoms with Crippen LogP contribution in [0.25, 0.3) is 0 Å². The lowest BCUT2D eigenvalue weighted by Gasteiger charge is -1.96. The smallest absolute Gasteiger partial charge is 0.347 e. The van der Waals surface area contributed by atoms with Crippen molar-refractivity contribution < 1.29 is 14.7 Å². The molecule has 0 aromatic carbocycles. The number of nitriles is 1. The van der Waals surface area contributed by atoms with Crippen LogP contribution in [0.5, 0.6) is 0 Å². The van der Waals surface area contributed by atoms with Crippen molar-refractivity contribution in [2.75, 3.05) is 7.05 Å². The van der Waals surface area contributed by atoms with E-state index in [0.717, 1.165) is 6.20 Å². The zero-order valence-electron chi connectivity index (χ0n) is 6.29. The molecule has 0 aromatic heterocycles. The third-order valence-corrected chi connectivity index (χ3v) is 0.926. The van der Waals surface area contributed by atoms with Gasteiger partial charge in [-0.1, -0.05) is 0 Å². The highest BCUT2D eigenvalue weighted by molar-refractivity contribution is 5.91. The topological polar surface area (TPSA) is 102 Å². The summed E-state index contributed by atoms with van der Waals surface area (Å²) in [6.45, 7) is 0. The Morgan fingerprint density at radius 2 is 2.17 bits per heavy atom. The van der Waals surface area contributed by atoms with E-state index in [0.29, 0.717) is 0 Å². The van der Waals surface area contributed by atoms with E-state index in [9.17, 15) is 9.59 Å². The minimum absolute atomic E-state index is 0.529. The van der Waals surface area contributed by atoms with Crippen molar-refractivity contribution in [1.82, 2.24) is 10.6 Å². The molecule has 6 nitrogen and oxygen atoms in total. The Hall–Kier alpha value is -2.03. The Labute approximate surface area is 68.5 Å². The number of rotatable bonds is 2. The van der Waals surface area contributed by atoms with E-state index in [1.807, 2.05) is 5.32 Å². The van der Waals surface area contributed by atoms with Crippen LogP contribution in [0.4, 0.5) is 4.79 Å². The Morgan fingerprint density at radius 3 is 2.50 bits per heavy atom. The van der Waals surface area contributed by atoms with E-state index in [1.54, 1.807) is 0 Å². The van der Waals surface area contributed by atoms with Gasteiger partial charge in [0.05, 0.1) is 0 Å². The van der Waals surface area contributed by atoms with Crippen LogP contribution in [0, 0.1) is 11.3 Å². The van der Waals surface area contributed by atoms with E-state index in [-0.39, 0.29) is 0 Å². The van der Waals surface area contributed by atoms with Crippen LogP contribution in [-0.2, 0) is 4.79 Å². The van der Waals surface area contributed by atoms with E-state index >= 15 is 0 Å². The molecule has 0 aromatic rings. The highest BCUT2D eigenvalue weighted by atomic mass is 16.4. The predicted molar refractivity (Wildman–Crippen MR) is 38.9 cm³/mol. The fraction of sp³-hybridized carbons (Fsp3) is 0.167. The van der Waals surface area contributed by atoms with Gasteiger partial charge in [0.2, 0.25) is 0 Å². The molecule has 6 heteroatoms. The molecule has 0 saturated heterocycles. The van der Waals surface area contributed by atoms with Gasteiger partial charge in [0.1, 0.15) is 6.07 Å². The average Bonchev–Trinajstić information content (AvgIpc) is 2.04. The third kappa shape index (κ3) is 3.22. The molecule has 0 bridgehead atoms. The van der Waals surface area contributed by atoms with Crippen molar-refractivity contribution in [3.8, 4) is 6.07 Å². The number of carboxylic acid groups (broad SMARTS) is 1. The molecule has 0 aliphatic rings. The van der Waals surface area contributed by atoms with Crippen molar-refractivity contribution in [3.05, 3.63) is 11.8 Å². The van der Waals surface area contributed by atoms with Gasteiger partial charge >= 0.3 is 12.0 Å². The van der Waals surface area contributed by atoms with Crippen molar-refractivity contribution in [2.45, 2.75) is 0 Å². The quantitative estimate of drug-likeness (QED) is 0.379. The van der Waals surface area contributed by atoms with Gasteiger partial charge in [0.15, 0.2) is 5.57 Å². The summed E-state index contributed by atoms with van der Waals surface area (Å²) in [5.74, 6) is -1.38. The van der Waals surface area contributed by atoms with Gasteiger partial charge in [-0.15, -0.1) is 0 Å². The highest BCUT2D eigenvalue weighted by Gasteiger charge is 2.05. The number of amides is 2. The minimum Gasteiger partial charge on any atom is -0.477 e. The van der Waals surface area contributed by atoms with Crippen LogP contribution in [0.1, 0.15) is 0 Å². The van der Waals surface area contributed by atoms with Crippen LogP contribution < -0.4 is 10.6 Å². The van der Waals surface area contributed by atoms with Crippen LogP contribution in [0.2, 0.25) is 0 Å². The lowest BCUT2D eigenvalue weighted by atomic mass is 10.3. The molecule has 0 radical (unpaired) electrons. The summed E-state index contributed by atoms with van der Waals surface area (Å²) in [6.07, 6.45) is 0.821. The van der Waals surface area contributed by atoms with E-state index in [1.165, 1.54) is 13.1 Å². The van der Waals surface area contributed by atoms with Gasteiger partial charge in [-0.25, -0.2) is 9.59 Å². The molecule has 0 aliphatic carbocycles. The molecule has 0 aliphatic heterocycles. The fourth-order valence-electron chi connectivity index (χ4n) is 0.352. The molecule has 0 rings (SSSR count). The molecule has 0 fully saturated rings. The van der Waals surface area contributed by atoms with Crippen molar-refractivity contribution in [1.29, 1.82) is 5.26 Å². The Morgan fingerprint density at radius 1 is 1.58 bits per heavy atom. The summed E-state index contributed by atoms with van der Waals surface area (Å²) in [5.41, 5.74) is -0.529. The number of nitrogens with zero attached hydrogens (tertiary/aromatic N) is 1. The van der Waals surface area contributed by atoms with Gasteiger partial charge in [-0.3, -0.25) is 0 Å². The number of aliphatic carboxylic acids is 1. The largest absolute Gasteiger partial charge is 0.477 e. The van der Waals surface area contributed by atoms with E-state index < -0.39 is 17.6 Å². The maximum absolute atomic E-state index is 10.5. The van der Waals surface area contributed by atoms with Crippen LogP contribution in [-0.4, -0.2) is 24.2 Å². The lowest BCUT2D eigenvalue weighted by Crippen LogP contribution is -2.29. The summed E-state index contributed by atoms with van der Waals surface area (Å²) in [4.78, 5) is 20.7. The standard InChI is InChI=1S/C6H7N3O3/c1-8-6(12)9-3-4(2-7)5(10)11/h3H,1H3,(H,10,11)(H2,8,9,12). The second-order valence-electron chi connectivity index (χ2n) is 1.70. The summed E-state index contributed by atoms with van der Waals surface area (Å²) < 4.78 is 0. The Kier molecular flexibility index (Phi) is 3.93. The molecule has 0 saturated carbocycles. The Balaban J connectivity index is 4.25. The number of nitrogens with one attached hydrogen (secondary N) is 2. The van der Waals surface area contributed by atoms with Gasteiger partial charge in [0.25, 0.3) is 0 Å². The molecule has 0 unspecified atom stereocenters. The van der Waals surface area contributed by atoms with Gasteiger partial charge in [-0.05, 0) is 0 Å². The number of carbonyl (C=O) groups excluding carboxylic acids is 1. The maximum atomic E-state index is 10.5. The van der Waals surface area contributed by atoms with Crippen molar-refractivity contribution in [3.63, 3.8) is 0 Å². The summed E-state index contributed by atoms with van der Waals surface area (Å²) in [6, 6.07) is 0.820. The van der Waals surface area contributed by atoms with Crippen LogP contribution >= 0.6 is 0 Å². The molecule has 2 amide bonds. The molecule has 12 heavy (non-hydrogen) atoms. The van der Waals surface area contributed by atoms with Crippen LogP contribution in [0.3, 0.4) is 0 Å². The number of carboxylic acids is 1. The molecular weight excluding hydrogens is 162 g/mol. The van der Waals surface area contributed by atoms with Crippen molar-refractivity contribution >= 4 is 12.0 Å². The first-order valence-electron chi connectivity index (χ1n) is 2.93. The fourth-order valence-corrected chi connectivity index (χ4v) is 0.352. The lowest BCUT2D eigenvalue weighted by molar-refractivity contribution is -0.132. The summed E-state index contributed by atoms with van der Waals surface area (Å²) >= 11 is 0. The molecular formula is C6H7N3O3. The molecule has 3 N–H and O–H groups in total. The average molecular weight is 169 g/mol. The van der Waals surface area contributed by atoms with Gasteiger partial charge in [0, 0.05) is 13.2 Å². The SMILES string of the molecule is CNC(=O)NC=C(C#N)C(=O)O. The summed E-state index contributed by atoms with van der Waals surface area (Å²) in [7, 11) is 1.37. The van der Waals surface area contributed by atoms with Crippen LogP contribution in [0.15, 0.2) is 11.8 Å². The first-order chi connectivity index (χ1) is 5.61. The monoisotopic (exact) mass is 169 g/mol. The zero-order chi connectivity index (χ0) is 9.56. The van der Waals surface area contributed by atoms with Gasteiger partial charge in [-0.2, -0.15) is 5.26 Å². The van der Waals surface area contributed by atoms with E-state index in [2.05, 4.69) is 5.32 Å². The second-order valence-corrected chi connectivity index (χ2v) is 1.70. The van der Waals surface area contributed by atoms with Crippen molar-refractivity contribution in [2.24, 2.45) is 0 Å². The molecule has 0 atom stereocenters. The normalized spacial score (nSPS) is 9.83. The number of urea groups is 1. The molecule has 0 heterocycles. The Bertz CT molecular complexity index is 264. The number of hydrogen-bond donors (Lipinski definition) is 3. The van der Waals surface area contributed by atoms with E-state index in [4.69, 9.17) is 10.4 Å². The first-order valence-corrected chi connectivity index (χ1v) is 2.93. The summed E-state index contributed by atoms with van der Waals surface area (Å²) in [5, 5.41) is 20.7. The number of hydrogen-bond acceptors (Lipinski definition) is 3. The first kappa shape index (κ1) is 9.97. The van der Waals surface area contributed by atoms with Gasteiger partial charge < -0.3 is 15.7 Å². The predicted octanol–water partition coefficient (Wildman–Crippen LogP) is -0.593. The second kappa shape index (κ2) is 4.73. The molecule has 64 valence electrons.